The van der Waals surface area contributed by atoms with E-state index < -0.39 is 0 Å². The molecule has 0 fully saturated rings. The van der Waals surface area contributed by atoms with Crippen LogP contribution in [0.4, 0.5) is 5.69 Å². The summed E-state index contributed by atoms with van der Waals surface area (Å²) in [7, 11) is 0. The molecule has 2 aromatic rings. The lowest BCUT2D eigenvalue weighted by molar-refractivity contribution is 0.822. The van der Waals surface area contributed by atoms with Gasteiger partial charge in [-0.25, -0.2) is 0 Å². The Balaban J connectivity index is 2.32. The third kappa shape index (κ3) is 3.14. The average Bonchev–Trinajstić information content (AvgIpc) is 2.46. The highest BCUT2D eigenvalue weighted by atomic mass is 32.1. The van der Waals surface area contributed by atoms with Gasteiger partial charge in [0.25, 0.3) is 0 Å². The van der Waals surface area contributed by atoms with E-state index in [4.69, 9.17) is 18.0 Å². The second-order valence-corrected chi connectivity index (χ2v) is 5.12. The number of benzene rings is 1. The number of rotatable bonds is 5. The quantitative estimate of drug-likeness (QED) is 0.857. The molecule has 2 N–H and O–H groups in total. The molecule has 0 spiro atoms. The van der Waals surface area contributed by atoms with E-state index in [0.717, 1.165) is 24.3 Å². The van der Waals surface area contributed by atoms with E-state index >= 15 is 0 Å². The van der Waals surface area contributed by atoms with Crippen molar-refractivity contribution in [1.82, 2.24) is 4.98 Å². The summed E-state index contributed by atoms with van der Waals surface area (Å²) in [5.41, 5.74) is 10.0. The number of hydrogen-bond acceptors (Lipinski definition) is 3. The summed E-state index contributed by atoms with van der Waals surface area (Å²) in [5, 5.41) is 0. The van der Waals surface area contributed by atoms with Crippen molar-refractivity contribution in [3.8, 4) is 0 Å². The van der Waals surface area contributed by atoms with Crippen LogP contribution in [0.3, 0.4) is 0 Å². The SMILES string of the molecule is CCN(Cc1cccnc1C(N)=S)c1ccccc1C. The number of aryl methyl sites for hydroxylation is 1. The molecule has 2 rings (SSSR count). The second-order valence-electron chi connectivity index (χ2n) is 4.68. The van der Waals surface area contributed by atoms with Crippen LogP contribution in [0.5, 0.6) is 0 Å². The van der Waals surface area contributed by atoms with Gasteiger partial charge in [-0.3, -0.25) is 4.98 Å². The number of para-hydroxylation sites is 1. The van der Waals surface area contributed by atoms with Gasteiger partial charge in [-0.15, -0.1) is 0 Å². The van der Waals surface area contributed by atoms with E-state index in [0.29, 0.717) is 4.99 Å². The predicted molar refractivity (Wildman–Crippen MR) is 88.0 cm³/mol. The highest BCUT2D eigenvalue weighted by Crippen LogP contribution is 2.22. The number of pyridine rings is 1. The van der Waals surface area contributed by atoms with Crippen LogP contribution in [-0.2, 0) is 6.54 Å². The third-order valence-electron chi connectivity index (χ3n) is 3.32. The van der Waals surface area contributed by atoms with Gasteiger partial charge in [-0.2, -0.15) is 0 Å². The molecule has 1 aromatic heterocycles. The number of nitrogens with two attached hydrogens (primary N) is 1. The topological polar surface area (TPSA) is 42.2 Å². The van der Waals surface area contributed by atoms with Gasteiger partial charge in [-0.1, -0.05) is 36.5 Å². The van der Waals surface area contributed by atoms with E-state index in [1.807, 2.05) is 12.1 Å². The Bertz CT molecular complexity index is 610. The van der Waals surface area contributed by atoms with Crippen LogP contribution in [0.1, 0.15) is 23.7 Å². The maximum absolute atomic E-state index is 5.75. The fourth-order valence-electron chi connectivity index (χ4n) is 2.28. The first kappa shape index (κ1) is 14.5. The summed E-state index contributed by atoms with van der Waals surface area (Å²) in [5.74, 6) is 0. The van der Waals surface area contributed by atoms with Gasteiger partial charge in [0, 0.05) is 30.5 Å². The minimum absolute atomic E-state index is 0.349. The van der Waals surface area contributed by atoms with Crippen LogP contribution in [0.2, 0.25) is 0 Å². The molecular formula is C16H19N3S. The van der Waals surface area contributed by atoms with Crippen molar-refractivity contribution in [2.45, 2.75) is 20.4 Å². The van der Waals surface area contributed by atoms with E-state index in [2.05, 4.69) is 48.0 Å². The molecule has 20 heavy (non-hydrogen) atoms. The molecule has 3 nitrogen and oxygen atoms in total. The lowest BCUT2D eigenvalue weighted by Crippen LogP contribution is -2.25. The van der Waals surface area contributed by atoms with Gasteiger partial charge in [0.1, 0.15) is 10.7 Å². The number of hydrogen-bond donors (Lipinski definition) is 1. The van der Waals surface area contributed by atoms with Crippen LogP contribution < -0.4 is 10.6 Å². The average molecular weight is 285 g/mol. The number of nitrogens with zero attached hydrogens (tertiary/aromatic N) is 2. The Morgan fingerprint density at radius 2 is 2.00 bits per heavy atom. The summed E-state index contributed by atoms with van der Waals surface area (Å²) in [6.45, 7) is 5.93. The summed E-state index contributed by atoms with van der Waals surface area (Å²) in [6, 6.07) is 12.3. The molecule has 0 bridgehead atoms. The number of aromatic nitrogens is 1. The molecule has 0 atom stereocenters. The largest absolute Gasteiger partial charge is 0.388 e. The first-order valence-electron chi connectivity index (χ1n) is 6.67. The minimum atomic E-state index is 0.349. The van der Waals surface area contributed by atoms with Gasteiger partial charge in [0.2, 0.25) is 0 Å². The van der Waals surface area contributed by atoms with Crippen molar-refractivity contribution in [2.24, 2.45) is 5.73 Å². The normalized spacial score (nSPS) is 10.3. The zero-order chi connectivity index (χ0) is 14.5. The summed E-state index contributed by atoms with van der Waals surface area (Å²) < 4.78 is 0. The van der Waals surface area contributed by atoms with Gasteiger partial charge < -0.3 is 10.6 Å². The summed E-state index contributed by atoms with van der Waals surface area (Å²) in [4.78, 5) is 6.94. The summed E-state index contributed by atoms with van der Waals surface area (Å²) >= 11 is 5.08. The Morgan fingerprint density at radius 1 is 1.25 bits per heavy atom. The predicted octanol–water partition coefficient (Wildman–Crippen LogP) is 3.05. The van der Waals surface area contributed by atoms with Gasteiger partial charge in [0.15, 0.2) is 0 Å². The molecule has 0 saturated carbocycles. The van der Waals surface area contributed by atoms with Crippen LogP contribution in [0.15, 0.2) is 42.6 Å². The highest BCUT2D eigenvalue weighted by Gasteiger charge is 2.12. The smallest absolute Gasteiger partial charge is 0.123 e. The van der Waals surface area contributed by atoms with Crippen molar-refractivity contribution in [3.63, 3.8) is 0 Å². The zero-order valence-electron chi connectivity index (χ0n) is 11.8. The molecule has 1 aromatic carbocycles. The number of anilines is 1. The van der Waals surface area contributed by atoms with Crippen molar-refractivity contribution >= 4 is 22.9 Å². The van der Waals surface area contributed by atoms with Crippen molar-refractivity contribution in [1.29, 1.82) is 0 Å². The van der Waals surface area contributed by atoms with E-state index in [9.17, 15) is 0 Å². The lowest BCUT2D eigenvalue weighted by Gasteiger charge is -2.25. The molecule has 0 amide bonds. The molecule has 0 radical (unpaired) electrons. The first-order valence-corrected chi connectivity index (χ1v) is 7.08. The van der Waals surface area contributed by atoms with Crippen LogP contribution >= 0.6 is 12.2 Å². The lowest BCUT2D eigenvalue weighted by atomic mass is 10.1. The Kier molecular flexibility index (Phi) is 4.69. The highest BCUT2D eigenvalue weighted by molar-refractivity contribution is 7.80. The van der Waals surface area contributed by atoms with Gasteiger partial charge >= 0.3 is 0 Å². The minimum Gasteiger partial charge on any atom is -0.388 e. The van der Waals surface area contributed by atoms with Crippen molar-refractivity contribution in [3.05, 3.63) is 59.4 Å². The second kappa shape index (κ2) is 6.48. The van der Waals surface area contributed by atoms with E-state index in [1.54, 1.807) is 6.20 Å². The monoisotopic (exact) mass is 285 g/mol. The number of thiocarbonyl (C=S) groups is 1. The molecule has 104 valence electrons. The van der Waals surface area contributed by atoms with Crippen LogP contribution in [-0.4, -0.2) is 16.5 Å². The zero-order valence-corrected chi connectivity index (χ0v) is 12.7. The molecule has 0 saturated heterocycles. The Labute approximate surface area is 125 Å². The van der Waals surface area contributed by atoms with Crippen molar-refractivity contribution in [2.75, 3.05) is 11.4 Å². The fourth-order valence-corrected chi connectivity index (χ4v) is 2.46. The maximum atomic E-state index is 5.75. The molecule has 1 heterocycles. The van der Waals surface area contributed by atoms with Gasteiger partial charge in [0.05, 0.1) is 0 Å². The maximum Gasteiger partial charge on any atom is 0.123 e. The molecule has 4 heteroatoms. The Hall–Kier alpha value is -1.94. The van der Waals surface area contributed by atoms with E-state index in [-0.39, 0.29) is 0 Å². The first-order chi connectivity index (χ1) is 9.63. The molecule has 0 unspecified atom stereocenters. The van der Waals surface area contributed by atoms with Crippen molar-refractivity contribution < 1.29 is 0 Å². The fraction of sp³-hybridized carbons (Fsp3) is 0.250. The molecule has 0 aliphatic carbocycles. The third-order valence-corrected chi connectivity index (χ3v) is 3.52. The van der Waals surface area contributed by atoms with E-state index in [1.165, 1.54) is 11.3 Å². The van der Waals surface area contributed by atoms with Gasteiger partial charge in [-0.05, 0) is 31.5 Å². The molecular weight excluding hydrogens is 266 g/mol. The van der Waals surface area contributed by atoms with Crippen LogP contribution in [0, 0.1) is 6.92 Å². The molecule has 0 aliphatic rings. The molecule has 0 aliphatic heterocycles. The Morgan fingerprint density at radius 3 is 2.65 bits per heavy atom. The van der Waals surface area contributed by atoms with Crippen LogP contribution in [0.25, 0.3) is 0 Å². The summed E-state index contributed by atoms with van der Waals surface area (Å²) in [6.07, 6.45) is 1.72. The standard InChI is InChI=1S/C16H19N3S/c1-3-19(14-9-5-4-7-12(14)2)11-13-8-6-10-18-15(13)16(17)20/h4-10H,3,11H2,1-2H3,(H2,17,20).